The summed E-state index contributed by atoms with van der Waals surface area (Å²) in [7, 11) is 13.1. The first kappa shape index (κ1) is 12.4. The van der Waals surface area contributed by atoms with Crippen molar-refractivity contribution in [1.82, 2.24) is 0 Å². The lowest BCUT2D eigenvalue weighted by Crippen LogP contribution is -1.43. The van der Waals surface area contributed by atoms with Crippen molar-refractivity contribution in [3.05, 3.63) is 0 Å². The van der Waals surface area contributed by atoms with Gasteiger partial charge in [0.1, 0.15) is 0 Å². The minimum absolute atomic E-state index is 0.193. The summed E-state index contributed by atoms with van der Waals surface area (Å²) in [6, 6.07) is 0. The van der Waals surface area contributed by atoms with E-state index in [4.69, 9.17) is 0 Å². The minimum atomic E-state index is 0.193. The Morgan fingerprint density at radius 1 is 1.22 bits per heavy atom. The summed E-state index contributed by atoms with van der Waals surface area (Å²) in [5, 5.41) is 0. The molecule has 0 nitrogen and oxygen atoms in total. The van der Waals surface area contributed by atoms with Gasteiger partial charge >= 0.3 is 0 Å². The Hall–Kier alpha value is 3.44. The van der Waals surface area contributed by atoms with Crippen molar-refractivity contribution in [2.45, 2.75) is 0 Å². The highest BCUT2D eigenvalue weighted by Gasteiger charge is 2.12. The Morgan fingerprint density at radius 3 is 1.78 bits per heavy atom. The Balaban J connectivity index is 3.58. The predicted octanol–water partition coefficient (Wildman–Crippen LogP) is 4.65. The van der Waals surface area contributed by atoms with Gasteiger partial charge in [0, 0.05) is 0 Å². The zero-order valence-electron chi connectivity index (χ0n) is 5.15. The van der Waals surface area contributed by atoms with Crippen LogP contribution >= 0.6 is 64.9 Å². The Bertz CT molecular complexity index is 69.0. The second-order valence-electron chi connectivity index (χ2n) is 1.34. The maximum Gasteiger partial charge on any atom is -0.0317 e. The lowest BCUT2D eigenvalue weighted by Gasteiger charge is -2.21. The predicted molar refractivity (Wildman–Crippen MR) is 73.8 cm³/mol. The second-order valence-corrected chi connectivity index (χ2v) is 29.1. The van der Waals surface area contributed by atoms with Gasteiger partial charge in [-0.1, -0.05) is 7.96 Å². The smallest absolute Gasteiger partial charge is 0.0317 e. The largest absolute Gasteiger partial charge is 0.109 e. The molecule has 8 heteroatoms. The van der Waals surface area contributed by atoms with Crippen molar-refractivity contribution in [2.75, 3.05) is 6.66 Å². The molecule has 56 valence electrons. The van der Waals surface area contributed by atoms with Crippen LogP contribution in [0, 0.1) is 0 Å². The maximum atomic E-state index is 2.99. The molecule has 0 N–H and O–H groups in total. The van der Waals surface area contributed by atoms with E-state index in [1.54, 1.807) is 0 Å². The first-order chi connectivity index (χ1) is 4.09. The van der Waals surface area contributed by atoms with Gasteiger partial charge in [0.05, 0.1) is 0 Å². The molecule has 0 spiro atoms. The molecule has 0 saturated carbocycles. The van der Waals surface area contributed by atoms with Crippen LogP contribution in [0.4, 0.5) is 0 Å². The molecule has 0 aliphatic rings. The van der Waals surface area contributed by atoms with Gasteiger partial charge in [-0.15, -0.1) is 35.7 Å². The lowest BCUT2D eigenvalue weighted by molar-refractivity contribution is 2.50. The van der Waals surface area contributed by atoms with Gasteiger partial charge in [-0.2, -0.15) is 0 Å². The van der Waals surface area contributed by atoms with Crippen LogP contribution in [-0.2, 0) is 0 Å². The minimum Gasteiger partial charge on any atom is -0.109 e. The van der Waals surface area contributed by atoms with Gasteiger partial charge in [-0.05, 0) is 27.9 Å². The van der Waals surface area contributed by atoms with Gasteiger partial charge in [0.15, 0.2) is 0 Å². The van der Waals surface area contributed by atoms with Crippen LogP contribution in [0.2, 0.25) is 0 Å². The molecule has 0 aliphatic carbocycles. The third-order valence-corrected chi connectivity index (χ3v) is 38.9. The van der Waals surface area contributed by atoms with E-state index >= 15 is 0 Å². The summed E-state index contributed by atoms with van der Waals surface area (Å²) >= 11 is 0. The van der Waals surface area contributed by atoms with Crippen molar-refractivity contribution in [3.8, 4) is 0 Å². The second kappa shape index (κ2) is 6.90. The topological polar surface area (TPSA) is 0 Å². The highest BCUT2D eigenvalue weighted by molar-refractivity contribution is 9.00. The monoisotopic (exact) mass is 272 g/mol. The molecular weight excluding hydrogens is 260 g/mol. The molecule has 0 heterocycles. The van der Waals surface area contributed by atoms with E-state index in [1.165, 1.54) is 0 Å². The molecule has 7 unspecified atom stereocenters. The summed E-state index contributed by atoms with van der Waals surface area (Å²) in [6.07, 6.45) is 0. The van der Waals surface area contributed by atoms with Gasteiger partial charge < -0.3 is 0 Å². The van der Waals surface area contributed by atoms with E-state index < -0.39 is 0 Å². The molecule has 9 heavy (non-hydrogen) atoms. The number of hydrogen-bond acceptors (Lipinski definition) is 0. The van der Waals surface area contributed by atoms with Crippen LogP contribution in [0.1, 0.15) is 0 Å². The van der Waals surface area contributed by atoms with E-state index in [-0.39, 0.29) is 14.0 Å². The molecule has 0 saturated heterocycles. The highest BCUT2D eigenvalue weighted by Crippen LogP contribution is 2.99. The van der Waals surface area contributed by atoms with Crippen LogP contribution in [0.3, 0.4) is 0 Å². The SMILES string of the molecule is CP(P(P)P)P(P)PP. The highest BCUT2D eigenvalue weighted by atomic mass is 33.0. The third-order valence-electron chi connectivity index (χ3n) is 0.778. The molecule has 0 amide bonds. The Kier molecular flexibility index (Phi) is 9.54. The van der Waals surface area contributed by atoms with Crippen molar-refractivity contribution in [1.29, 1.82) is 0 Å². The average molecular weight is 272 g/mol. The standard InChI is InChI=1S/CH12P8/c1-7(8(3)4)9(5)6-2/h6H,2-5H2,1H3. The van der Waals surface area contributed by atoms with Crippen LogP contribution in [0.25, 0.3) is 0 Å². The molecule has 0 fully saturated rings. The lowest BCUT2D eigenvalue weighted by atomic mass is 12.0. The summed E-state index contributed by atoms with van der Waals surface area (Å²) in [5.41, 5.74) is 0. The summed E-state index contributed by atoms with van der Waals surface area (Å²) in [5.74, 6) is 0. The van der Waals surface area contributed by atoms with Crippen LogP contribution in [-0.4, -0.2) is 6.66 Å². The molecule has 0 aromatic heterocycles. The Morgan fingerprint density at radius 2 is 1.67 bits per heavy atom. The van der Waals surface area contributed by atoms with Crippen LogP contribution in [0.5, 0.6) is 0 Å². The van der Waals surface area contributed by atoms with Crippen LogP contribution in [0.15, 0.2) is 0 Å². The summed E-state index contributed by atoms with van der Waals surface area (Å²) < 4.78 is 0. The number of hydrogen-bond donors (Lipinski definition) is 0. The van der Waals surface area contributed by atoms with E-state index in [9.17, 15) is 0 Å². The molecule has 0 bridgehead atoms. The summed E-state index contributed by atoms with van der Waals surface area (Å²) in [4.78, 5) is 0. The maximum absolute atomic E-state index is 2.99. The first-order valence-electron chi connectivity index (χ1n) is 2.13. The van der Waals surface area contributed by atoms with Crippen LogP contribution < -0.4 is 0 Å². The number of rotatable bonds is 3. The van der Waals surface area contributed by atoms with E-state index in [0.717, 1.165) is 7.96 Å². The van der Waals surface area contributed by atoms with Gasteiger partial charge in [-0.25, -0.2) is 0 Å². The van der Waals surface area contributed by atoms with Crippen molar-refractivity contribution < 1.29 is 0 Å². The van der Waals surface area contributed by atoms with E-state index in [0.29, 0.717) is 7.30 Å². The van der Waals surface area contributed by atoms with E-state index in [2.05, 4.69) is 42.4 Å². The molecule has 0 aliphatic heterocycles. The fraction of sp³-hybridized carbons (Fsp3) is 1.00. The fourth-order valence-corrected chi connectivity index (χ4v) is 38.0. The van der Waals surface area contributed by atoms with Crippen molar-refractivity contribution >= 4 is 64.9 Å². The Labute approximate surface area is 71.7 Å². The normalized spacial score (nSPS) is 19.3. The zero-order chi connectivity index (χ0) is 7.44. The average Bonchev–Trinajstić information content (AvgIpc) is 1.84. The van der Waals surface area contributed by atoms with Gasteiger partial charge in [0.2, 0.25) is 0 Å². The molecule has 0 radical (unpaired) electrons. The molecule has 0 aromatic carbocycles. The van der Waals surface area contributed by atoms with Crippen molar-refractivity contribution in [2.24, 2.45) is 0 Å². The van der Waals surface area contributed by atoms with E-state index in [1.807, 2.05) is 0 Å². The zero-order valence-corrected chi connectivity index (χ0v) is 13.5. The molecule has 7 atom stereocenters. The fourth-order valence-electron chi connectivity index (χ4n) is 0.195. The van der Waals surface area contributed by atoms with Gasteiger partial charge in [0.25, 0.3) is 0 Å². The third kappa shape index (κ3) is 5.64. The molecule has 0 aromatic rings. The first-order valence-corrected chi connectivity index (χ1v) is 16.5. The van der Waals surface area contributed by atoms with Gasteiger partial charge in [-0.3, -0.25) is 0 Å². The summed E-state index contributed by atoms with van der Waals surface area (Å²) in [6.45, 7) is 2.87. The quantitative estimate of drug-likeness (QED) is 0.656. The molecule has 0 rings (SSSR count). The molecular formula is CH12P8. The van der Waals surface area contributed by atoms with Crippen molar-refractivity contribution in [3.63, 3.8) is 0 Å².